The van der Waals surface area contributed by atoms with Crippen LogP contribution in [0.1, 0.15) is 47.0 Å². The molecule has 0 aromatic carbocycles. The second-order valence-electron chi connectivity index (χ2n) is 8.16. The predicted octanol–water partition coefficient (Wildman–Crippen LogP) is 3.28. The summed E-state index contributed by atoms with van der Waals surface area (Å²) in [5, 5.41) is 0. The summed E-state index contributed by atoms with van der Waals surface area (Å²) in [4.78, 5) is 37.0. The van der Waals surface area contributed by atoms with Gasteiger partial charge in [-0.05, 0) is 23.5 Å². The van der Waals surface area contributed by atoms with E-state index in [1.54, 1.807) is 6.08 Å². The maximum atomic E-state index is 12.7. The van der Waals surface area contributed by atoms with Crippen LogP contribution in [-0.4, -0.2) is 50.1 Å². The first-order valence-electron chi connectivity index (χ1n) is 9.58. The van der Waals surface area contributed by atoms with Crippen molar-refractivity contribution in [3.63, 3.8) is 0 Å². The van der Waals surface area contributed by atoms with Crippen LogP contribution in [0.3, 0.4) is 0 Å². The molecule has 0 radical (unpaired) electrons. The minimum Gasteiger partial charge on any atom is -0.497 e. The molecule has 1 atom stereocenters. The average molecular weight is 393 g/mol. The topological polar surface area (TPSA) is 74.3 Å². The molecular formula is C21H31NO6. The number of ether oxygens (including phenoxy) is 2. The maximum absolute atomic E-state index is 12.7. The third-order valence-electron chi connectivity index (χ3n) is 4.43. The molecule has 0 aromatic heterocycles. The number of nitrogens with zero attached hydrogens (tertiary/aromatic N) is 1. The molecule has 7 heteroatoms. The molecule has 0 saturated carbocycles. The number of carbonyl (C=O) groups is 2. The van der Waals surface area contributed by atoms with Crippen LogP contribution < -0.4 is 0 Å². The van der Waals surface area contributed by atoms with Crippen LogP contribution in [0.4, 0.5) is 0 Å². The van der Waals surface area contributed by atoms with Crippen molar-refractivity contribution in [2.75, 3.05) is 27.4 Å². The number of allylic oxidation sites excluding steroid dienone is 3. The zero-order chi connectivity index (χ0) is 20.9. The van der Waals surface area contributed by atoms with Gasteiger partial charge in [0.1, 0.15) is 11.5 Å². The molecule has 0 fully saturated rings. The minimum atomic E-state index is -0.777. The van der Waals surface area contributed by atoms with Crippen LogP contribution in [0.2, 0.25) is 0 Å². The summed E-state index contributed by atoms with van der Waals surface area (Å²) < 4.78 is 10.8. The summed E-state index contributed by atoms with van der Waals surface area (Å²) >= 11 is 0. The van der Waals surface area contributed by atoms with E-state index in [-0.39, 0.29) is 17.6 Å². The first-order valence-corrected chi connectivity index (χ1v) is 9.58. The molecule has 0 saturated heterocycles. The molecule has 1 unspecified atom stereocenters. The lowest BCUT2D eigenvalue weighted by atomic mass is 9.86. The van der Waals surface area contributed by atoms with E-state index in [1.165, 1.54) is 14.2 Å². The monoisotopic (exact) mass is 393 g/mol. The van der Waals surface area contributed by atoms with E-state index in [1.807, 2.05) is 18.0 Å². The normalized spacial score (nSPS) is 19.9. The van der Waals surface area contributed by atoms with Crippen molar-refractivity contribution >= 4 is 11.8 Å². The van der Waals surface area contributed by atoms with Gasteiger partial charge in [0.25, 0.3) is 0 Å². The summed E-state index contributed by atoms with van der Waals surface area (Å²) in [6.07, 6.45) is 4.71. The van der Waals surface area contributed by atoms with Gasteiger partial charge in [-0.15, -0.1) is 0 Å². The van der Waals surface area contributed by atoms with Gasteiger partial charge >= 0.3 is 5.97 Å². The fourth-order valence-electron chi connectivity index (χ4n) is 3.19. The molecule has 7 nitrogen and oxygen atoms in total. The molecule has 0 amide bonds. The third-order valence-corrected chi connectivity index (χ3v) is 4.43. The Bertz CT molecular complexity index is 698. The van der Waals surface area contributed by atoms with Gasteiger partial charge in [0.05, 0.1) is 13.7 Å². The number of ketones is 1. The Morgan fingerprint density at radius 3 is 2.57 bits per heavy atom. The quantitative estimate of drug-likeness (QED) is 0.356. The second-order valence-corrected chi connectivity index (χ2v) is 8.16. The minimum absolute atomic E-state index is 0.0765. The number of unbranched alkanes of at least 4 members (excludes halogenated alkanes) is 1. The summed E-state index contributed by atoms with van der Waals surface area (Å²) in [7, 11) is 2.96. The molecule has 2 aliphatic rings. The lowest BCUT2D eigenvalue weighted by molar-refractivity contribution is -0.269. The van der Waals surface area contributed by atoms with Crippen LogP contribution in [0.5, 0.6) is 0 Å². The van der Waals surface area contributed by atoms with Gasteiger partial charge in [-0.1, -0.05) is 34.1 Å². The molecule has 2 rings (SSSR count). The molecule has 1 aliphatic heterocycles. The molecule has 0 bridgehead atoms. The van der Waals surface area contributed by atoms with Crippen molar-refractivity contribution in [1.82, 2.24) is 4.90 Å². The van der Waals surface area contributed by atoms with E-state index in [0.29, 0.717) is 30.2 Å². The van der Waals surface area contributed by atoms with Gasteiger partial charge in [0, 0.05) is 31.8 Å². The number of hydrogen-bond acceptors (Lipinski definition) is 7. The highest BCUT2D eigenvalue weighted by molar-refractivity contribution is 5.94. The van der Waals surface area contributed by atoms with E-state index in [9.17, 15) is 9.59 Å². The zero-order valence-electron chi connectivity index (χ0n) is 17.7. The summed E-state index contributed by atoms with van der Waals surface area (Å²) in [6.45, 7) is 9.18. The molecule has 0 spiro atoms. The van der Waals surface area contributed by atoms with E-state index in [0.717, 1.165) is 18.4 Å². The SMILES string of the molecule is CCCCOOC(=O)C1=CC2=C(OC)C(OC)C(=O)CC2=CN1CC(C)(C)C. The van der Waals surface area contributed by atoms with E-state index in [4.69, 9.17) is 19.2 Å². The third kappa shape index (κ3) is 5.23. The van der Waals surface area contributed by atoms with Gasteiger partial charge < -0.3 is 14.4 Å². The highest BCUT2D eigenvalue weighted by Crippen LogP contribution is 2.36. The van der Waals surface area contributed by atoms with Crippen LogP contribution in [0.25, 0.3) is 0 Å². The highest BCUT2D eigenvalue weighted by atomic mass is 17.2. The van der Waals surface area contributed by atoms with Crippen molar-refractivity contribution in [2.24, 2.45) is 5.41 Å². The summed E-state index contributed by atoms with van der Waals surface area (Å²) in [5.41, 5.74) is 1.73. The van der Waals surface area contributed by atoms with Crippen LogP contribution in [-0.2, 0) is 28.8 Å². The zero-order valence-corrected chi connectivity index (χ0v) is 17.7. The lowest BCUT2D eigenvalue weighted by Crippen LogP contribution is -2.37. The maximum Gasteiger partial charge on any atom is 0.389 e. The number of methoxy groups -OCH3 is 2. The smallest absolute Gasteiger partial charge is 0.389 e. The predicted molar refractivity (Wildman–Crippen MR) is 104 cm³/mol. The van der Waals surface area contributed by atoms with E-state index >= 15 is 0 Å². The number of Topliss-reactive ketones (excluding diaryl/α,β-unsaturated/α-hetero) is 1. The summed E-state index contributed by atoms with van der Waals surface area (Å²) in [6, 6.07) is 0. The molecular weight excluding hydrogens is 362 g/mol. The van der Waals surface area contributed by atoms with Gasteiger partial charge in [-0.3, -0.25) is 9.68 Å². The number of hydrogen-bond donors (Lipinski definition) is 0. The van der Waals surface area contributed by atoms with Crippen molar-refractivity contribution in [3.05, 3.63) is 34.9 Å². The van der Waals surface area contributed by atoms with Crippen LogP contribution >= 0.6 is 0 Å². The van der Waals surface area contributed by atoms with E-state index < -0.39 is 12.1 Å². The lowest BCUT2D eigenvalue weighted by Gasteiger charge is -2.35. The fraction of sp³-hybridized carbons (Fsp3) is 0.619. The first kappa shape index (κ1) is 22.2. The molecule has 0 N–H and O–H groups in total. The van der Waals surface area contributed by atoms with Crippen molar-refractivity contribution in [1.29, 1.82) is 0 Å². The average Bonchev–Trinajstić information content (AvgIpc) is 2.62. The highest BCUT2D eigenvalue weighted by Gasteiger charge is 2.37. The Hall–Kier alpha value is -2.12. The van der Waals surface area contributed by atoms with Gasteiger partial charge in [0.15, 0.2) is 11.9 Å². The van der Waals surface area contributed by atoms with Crippen molar-refractivity contribution in [2.45, 2.75) is 53.1 Å². The van der Waals surface area contributed by atoms with Crippen molar-refractivity contribution < 1.29 is 28.8 Å². The number of rotatable bonds is 8. The first-order chi connectivity index (χ1) is 13.2. The van der Waals surface area contributed by atoms with Gasteiger partial charge in [0.2, 0.25) is 0 Å². The van der Waals surface area contributed by atoms with Crippen LogP contribution in [0, 0.1) is 5.41 Å². The molecule has 0 aromatic rings. The molecule has 28 heavy (non-hydrogen) atoms. The Balaban J connectivity index is 2.40. The van der Waals surface area contributed by atoms with Crippen molar-refractivity contribution in [3.8, 4) is 0 Å². The van der Waals surface area contributed by atoms with Gasteiger partial charge in [-0.2, -0.15) is 4.89 Å². The molecule has 1 heterocycles. The standard InChI is InChI=1S/C21H31NO6/c1-7-8-9-27-28-20(24)16-11-15-14(12-22(16)13-21(2,3)4)10-17(23)19(26-6)18(15)25-5/h11-12,19H,7-10,13H2,1-6H3. The molecule has 156 valence electrons. The van der Waals surface area contributed by atoms with Crippen LogP contribution in [0.15, 0.2) is 34.9 Å². The second kappa shape index (κ2) is 9.39. The van der Waals surface area contributed by atoms with Gasteiger partial charge in [-0.25, -0.2) is 4.79 Å². The van der Waals surface area contributed by atoms with E-state index in [2.05, 4.69) is 20.8 Å². The Morgan fingerprint density at radius 1 is 1.29 bits per heavy atom. The largest absolute Gasteiger partial charge is 0.497 e. The molecule has 1 aliphatic carbocycles. The Labute approximate surface area is 166 Å². The Kier molecular flexibility index (Phi) is 7.43. The fourth-order valence-corrected chi connectivity index (χ4v) is 3.19. The summed E-state index contributed by atoms with van der Waals surface area (Å²) in [5.74, 6) is -0.255. The number of carbonyl (C=O) groups excluding carboxylic acids is 2. The Morgan fingerprint density at radius 2 is 2.00 bits per heavy atom. The number of fused-ring (bicyclic) bond motifs is 1.